The average Bonchev–Trinajstić information content (AvgIpc) is 2.86. The van der Waals surface area contributed by atoms with Gasteiger partial charge in [-0.2, -0.15) is 0 Å². The van der Waals surface area contributed by atoms with Crippen LogP contribution in [0.1, 0.15) is 12.5 Å². The van der Waals surface area contributed by atoms with Gasteiger partial charge in [-0.05, 0) is 30.2 Å². The molecule has 4 heteroatoms. The topological polar surface area (TPSA) is 21.1 Å². The van der Waals surface area contributed by atoms with Gasteiger partial charge in [0, 0.05) is 31.0 Å². The van der Waals surface area contributed by atoms with Gasteiger partial charge in [0.2, 0.25) is 0 Å². The number of aryl methyl sites for hydroxylation is 1. The average molecular weight is 288 g/mol. The van der Waals surface area contributed by atoms with E-state index >= 15 is 0 Å². The predicted octanol–water partition coefficient (Wildman–Crippen LogP) is 3.92. The molecule has 1 aromatic carbocycles. The molecule has 0 aliphatic carbocycles. The molecule has 2 heterocycles. The SMILES string of the molecule is CCc1cn(N(C)c2ccncc2)c2ccccc12.Cl. The van der Waals surface area contributed by atoms with Crippen LogP contribution in [0.25, 0.3) is 10.9 Å². The van der Waals surface area contributed by atoms with Gasteiger partial charge in [0.15, 0.2) is 0 Å². The van der Waals surface area contributed by atoms with Crippen LogP contribution in [-0.2, 0) is 6.42 Å². The van der Waals surface area contributed by atoms with Crippen LogP contribution in [0.3, 0.4) is 0 Å². The number of halogens is 1. The zero-order chi connectivity index (χ0) is 13.2. The molecule has 0 saturated heterocycles. The van der Waals surface area contributed by atoms with E-state index in [9.17, 15) is 0 Å². The fourth-order valence-electron chi connectivity index (χ4n) is 2.45. The zero-order valence-electron chi connectivity index (χ0n) is 11.7. The van der Waals surface area contributed by atoms with Crippen LogP contribution in [0.4, 0.5) is 5.69 Å². The summed E-state index contributed by atoms with van der Waals surface area (Å²) in [7, 11) is 2.07. The van der Waals surface area contributed by atoms with E-state index in [4.69, 9.17) is 0 Å². The highest BCUT2D eigenvalue weighted by Gasteiger charge is 2.10. The van der Waals surface area contributed by atoms with Gasteiger partial charge in [-0.25, -0.2) is 0 Å². The summed E-state index contributed by atoms with van der Waals surface area (Å²) in [6.45, 7) is 2.19. The van der Waals surface area contributed by atoms with Crippen molar-refractivity contribution >= 4 is 29.0 Å². The van der Waals surface area contributed by atoms with E-state index in [1.807, 2.05) is 24.5 Å². The van der Waals surface area contributed by atoms with Crippen LogP contribution >= 0.6 is 12.4 Å². The highest BCUT2D eigenvalue weighted by Crippen LogP contribution is 2.24. The third-order valence-corrected chi connectivity index (χ3v) is 3.52. The number of hydrogen-bond acceptors (Lipinski definition) is 2. The van der Waals surface area contributed by atoms with Gasteiger partial charge in [0.1, 0.15) is 0 Å². The first-order chi connectivity index (χ1) is 9.31. The van der Waals surface area contributed by atoms with E-state index < -0.39 is 0 Å². The Hall–Kier alpha value is -2.00. The number of nitrogens with zero attached hydrogens (tertiary/aromatic N) is 3. The molecule has 0 spiro atoms. The van der Waals surface area contributed by atoms with E-state index in [1.165, 1.54) is 16.5 Å². The Labute approximate surface area is 125 Å². The van der Waals surface area contributed by atoms with E-state index in [2.05, 4.69) is 59.1 Å². The lowest BCUT2D eigenvalue weighted by molar-refractivity contribution is 0.802. The maximum absolute atomic E-state index is 4.07. The number of hydrogen-bond donors (Lipinski definition) is 0. The minimum absolute atomic E-state index is 0. The Morgan fingerprint density at radius 3 is 2.50 bits per heavy atom. The van der Waals surface area contributed by atoms with Crippen molar-refractivity contribution in [3.05, 3.63) is 60.6 Å². The Morgan fingerprint density at radius 1 is 1.10 bits per heavy atom. The number of para-hydroxylation sites is 1. The van der Waals surface area contributed by atoms with E-state index in [-0.39, 0.29) is 12.4 Å². The maximum Gasteiger partial charge on any atom is 0.0701 e. The molecule has 3 aromatic rings. The molecular weight excluding hydrogens is 270 g/mol. The van der Waals surface area contributed by atoms with Crippen LogP contribution in [0, 0.1) is 0 Å². The summed E-state index contributed by atoms with van der Waals surface area (Å²) in [5.41, 5.74) is 3.73. The summed E-state index contributed by atoms with van der Waals surface area (Å²) >= 11 is 0. The van der Waals surface area contributed by atoms with Crippen molar-refractivity contribution in [2.24, 2.45) is 0 Å². The minimum atomic E-state index is 0. The van der Waals surface area contributed by atoms with Crippen molar-refractivity contribution in [1.82, 2.24) is 9.66 Å². The van der Waals surface area contributed by atoms with Crippen LogP contribution in [0.15, 0.2) is 55.0 Å². The summed E-state index contributed by atoms with van der Waals surface area (Å²) in [6, 6.07) is 12.6. The van der Waals surface area contributed by atoms with Crippen molar-refractivity contribution in [2.75, 3.05) is 12.1 Å². The summed E-state index contributed by atoms with van der Waals surface area (Å²) in [5.74, 6) is 0. The van der Waals surface area contributed by atoms with Crippen LogP contribution < -0.4 is 5.01 Å². The van der Waals surface area contributed by atoms with Crippen molar-refractivity contribution in [1.29, 1.82) is 0 Å². The van der Waals surface area contributed by atoms with E-state index in [1.54, 1.807) is 0 Å². The summed E-state index contributed by atoms with van der Waals surface area (Å²) in [5, 5.41) is 3.47. The number of benzene rings is 1. The van der Waals surface area contributed by atoms with E-state index in [0.717, 1.165) is 12.1 Å². The molecule has 0 radical (unpaired) electrons. The number of anilines is 1. The molecule has 3 rings (SSSR count). The second kappa shape index (κ2) is 5.97. The van der Waals surface area contributed by atoms with Gasteiger partial charge >= 0.3 is 0 Å². The molecule has 0 aliphatic heterocycles. The van der Waals surface area contributed by atoms with Gasteiger partial charge in [-0.15, -0.1) is 12.4 Å². The Morgan fingerprint density at radius 2 is 1.80 bits per heavy atom. The van der Waals surface area contributed by atoms with Gasteiger partial charge in [-0.1, -0.05) is 25.1 Å². The second-order valence-corrected chi connectivity index (χ2v) is 4.60. The third kappa shape index (κ3) is 2.37. The first-order valence-electron chi connectivity index (χ1n) is 6.54. The zero-order valence-corrected chi connectivity index (χ0v) is 12.5. The number of rotatable bonds is 3. The molecule has 0 saturated carbocycles. The molecule has 0 bridgehead atoms. The highest BCUT2D eigenvalue weighted by atomic mass is 35.5. The first-order valence-corrected chi connectivity index (χ1v) is 6.54. The smallest absolute Gasteiger partial charge is 0.0701 e. The Balaban J connectivity index is 0.00000147. The van der Waals surface area contributed by atoms with Gasteiger partial charge < -0.3 is 0 Å². The fourth-order valence-corrected chi connectivity index (χ4v) is 2.45. The van der Waals surface area contributed by atoms with Crippen molar-refractivity contribution in [3.63, 3.8) is 0 Å². The molecule has 0 amide bonds. The third-order valence-electron chi connectivity index (χ3n) is 3.52. The summed E-state index contributed by atoms with van der Waals surface area (Å²) in [6.07, 6.45) is 6.89. The normalized spacial score (nSPS) is 10.3. The monoisotopic (exact) mass is 287 g/mol. The van der Waals surface area contributed by atoms with Gasteiger partial charge in [0.05, 0.1) is 11.2 Å². The van der Waals surface area contributed by atoms with Crippen molar-refractivity contribution in [2.45, 2.75) is 13.3 Å². The van der Waals surface area contributed by atoms with Gasteiger partial charge in [0.25, 0.3) is 0 Å². The quantitative estimate of drug-likeness (QED) is 0.728. The molecular formula is C16H18ClN3. The molecule has 0 atom stereocenters. The molecule has 3 nitrogen and oxygen atoms in total. The number of fused-ring (bicyclic) bond motifs is 1. The minimum Gasteiger partial charge on any atom is -0.284 e. The van der Waals surface area contributed by atoms with Gasteiger partial charge in [-0.3, -0.25) is 14.7 Å². The Kier molecular flexibility index (Phi) is 4.30. The first kappa shape index (κ1) is 14.4. The summed E-state index contributed by atoms with van der Waals surface area (Å²) < 4.78 is 2.20. The van der Waals surface area contributed by atoms with E-state index in [0.29, 0.717) is 0 Å². The molecule has 0 N–H and O–H groups in total. The molecule has 0 fully saturated rings. The second-order valence-electron chi connectivity index (χ2n) is 4.60. The van der Waals surface area contributed by atoms with Crippen LogP contribution in [0.5, 0.6) is 0 Å². The predicted molar refractivity (Wildman–Crippen MR) is 86.6 cm³/mol. The molecule has 20 heavy (non-hydrogen) atoms. The lowest BCUT2D eigenvalue weighted by Crippen LogP contribution is -2.23. The fraction of sp³-hybridized carbons (Fsp3) is 0.188. The number of aromatic nitrogens is 2. The molecule has 2 aromatic heterocycles. The number of pyridine rings is 1. The van der Waals surface area contributed by atoms with Crippen LogP contribution in [-0.4, -0.2) is 16.7 Å². The molecule has 104 valence electrons. The summed E-state index contributed by atoms with van der Waals surface area (Å²) in [4.78, 5) is 4.07. The van der Waals surface area contributed by atoms with Crippen molar-refractivity contribution < 1.29 is 0 Å². The molecule has 0 unspecified atom stereocenters. The largest absolute Gasteiger partial charge is 0.284 e. The lowest BCUT2D eigenvalue weighted by atomic mass is 10.1. The standard InChI is InChI=1S/C16H17N3.ClH/c1-3-13-12-19(16-7-5-4-6-15(13)16)18(2)14-8-10-17-11-9-14;/h4-12H,3H2,1-2H3;1H. The molecule has 0 aliphatic rings. The van der Waals surface area contributed by atoms with Crippen molar-refractivity contribution in [3.8, 4) is 0 Å². The lowest BCUT2D eigenvalue weighted by Gasteiger charge is -2.21. The highest BCUT2D eigenvalue weighted by molar-refractivity contribution is 5.85. The van der Waals surface area contributed by atoms with Crippen LogP contribution in [0.2, 0.25) is 0 Å². The maximum atomic E-state index is 4.07. The Bertz CT molecular complexity index is 691.